The Balaban J connectivity index is 2.19. The summed E-state index contributed by atoms with van der Waals surface area (Å²) in [6.45, 7) is 2.25. The highest BCUT2D eigenvalue weighted by molar-refractivity contribution is 5.99. The highest BCUT2D eigenvalue weighted by atomic mass is 16.3. The first kappa shape index (κ1) is 14.6. The van der Waals surface area contributed by atoms with Crippen molar-refractivity contribution in [1.82, 2.24) is 24.9 Å². The van der Waals surface area contributed by atoms with E-state index in [1.165, 1.54) is 28.9 Å². The molecular weight excluding hydrogens is 300 g/mol. The van der Waals surface area contributed by atoms with Crippen LogP contribution < -0.4 is 11.1 Å². The monoisotopic (exact) mass is 314 g/mol. The largest absolute Gasteiger partial charge is 0.508 e. The quantitative estimate of drug-likeness (QED) is 0.553. The van der Waals surface area contributed by atoms with E-state index in [-0.39, 0.29) is 40.4 Å². The van der Waals surface area contributed by atoms with Gasteiger partial charge in [0.2, 0.25) is 5.95 Å². The molecule has 0 saturated heterocycles. The maximum atomic E-state index is 12.1. The van der Waals surface area contributed by atoms with Gasteiger partial charge in [-0.1, -0.05) is 0 Å². The van der Waals surface area contributed by atoms with Gasteiger partial charge in [-0.3, -0.25) is 4.79 Å². The lowest BCUT2D eigenvalue weighted by Crippen LogP contribution is -2.24. The van der Waals surface area contributed by atoms with Gasteiger partial charge in [0.15, 0.2) is 11.5 Å². The summed E-state index contributed by atoms with van der Waals surface area (Å²) in [5.41, 5.74) is 6.61. The summed E-state index contributed by atoms with van der Waals surface area (Å²) in [5, 5.41) is 26.0. The Labute approximate surface area is 130 Å². The molecule has 0 saturated carbocycles. The third-order valence-corrected chi connectivity index (χ3v) is 3.13. The smallest absolute Gasteiger partial charge is 0.256 e. The summed E-state index contributed by atoms with van der Waals surface area (Å²) in [5.74, 6) is -0.344. The van der Waals surface area contributed by atoms with Crippen molar-refractivity contribution in [2.24, 2.45) is 0 Å². The van der Waals surface area contributed by atoms with Crippen molar-refractivity contribution < 1.29 is 15.0 Å². The average Bonchev–Trinajstić information content (AvgIpc) is 2.93. The Morgan fingerprint density at radius 2 is 2.00 bits per heavy atom. The number of aromatic hydroxyl groups is 2. The fraction of sp³-hybridized carbons (Fsp3) is 0.143. The van der Waals surface area contributed by atoms with Gasteiger partial charge in [-0.2, -0.15) is 4.52 Å². The lowest BCUT2D eigenvalue weighted by atomic mass is 10.2. The topological polar surface area (TPSA) is 139 Å². The summed E-state index contributed by atoms with van der Waals surface area (Å²) in [6.07, 6.45) is 1.33. The predicted octanol–water partition coefficient (Wildman–Crippen LogP) is 0.534. The number of fused-ring (bicyclic) bond motifs is 1. The van der Waals surface area contributed by atoms with Gasteiger partial charge in [0.25, 0.3) is 5.91 Å². The van der Waals surface area contributed by atoms with Crippen molar-refractivity contribution in [3.8, 4) is 22.9 Å². The van der Waals surface area contributed by atoms with Crippen molar-refractivity contribution in [3.63, 3.8) is 0 Å². The van der Waals surface area contributed by atoms with E-state index in [0.29, 0.717) is 12.1 Å². The molecule has 0 aliphatic rings. The van der Waals surface area contributed by atoms with Gasteiger partial charge in [-0.15, -0.1) is 5.10 Å². The molecule has 0 aliphatic heterocycles. The van der Waals surface area contributed by atoms with Crippen molar-refractivity contribution >= 4 is 17.5 Å². The van der Waals surface area contributed by atoms with Crippen LogP contribution in [0, 0.1) is 0 Å². The number of nitrogens with one attached hydrogen (secondary N) is 1. The van der Waals surface area contributed by atoms with Gasteiger partial charge in [0.05, 0.1) is 0 Å². The highest BCUT2D eigenvalue weighted by Crippen LogP contribution is 2.27. The first-order valence-corrected chi connectivity index (χ1v) is 6.82. The number of aromatic nitrogens is 4. The molecule has 1 aromatic carbocycles. The predicted molar refractivity (Wildman–Crippen MR) is 82.0 cm³/mol. The van der Waals surface area contributed by atoms with Crippen LogP contribution in [-0.4, -0.2) is 42.2 Å². The Bertz CT molecular complexity index is 885. The van der Waals surface area contributed by atoms with Crippen molar-refractivity contribution in [1.29, 1.82) is 0 Å². The Hall–Kier alpha value is -3.36. The van der Waals surface area contributed by atoms with Crippen LogP contribution in [0.3, 0.4) is 0 Å². The lowest BCUT2D eigenvalue weighted by Gasteiger charge is -2.03. The second-order valence-corrected chi connectivity index (χ2v) is 4.80. The van der Waals surface area contributed by atoms with Gasteiger partial charge in [-0.25, -0.2) is 9.97 Å². The number of nitrogen functional groups attached to an aromatic ring is 1. The zero-order valence-corrected chi connectivity index (χ0v) is 12.2. The molecule has 0 atom stereocenters. The zero-order chi connectivity index (χ0) is 16.6. The Kier molecular flexibility index (Phi) is 3.45. The molecule has 2 aromatic heterocycles. The molecule has 0 aliphatic carbocycles. The van der Waals surface area contributed by atoms with Crippen molar-refractivity contribution in [2.45, 2.75) is 6.92 Å². The van der Waals surface area contributed by atoms with E-state index < -0.39 is 0 Å². The van der Waals surface area contributed by atoms with E-state index in [1.54, 1.807) is 6.92 Å². The van der Waals surface area contributed by atoms with Crippen LogP contribution in [0.4, 0.5) is 5.95 Å². The molecule has 0 bridgehead atoms. The fourth-order valence-corrected chi connectivity index (χ4v) is 2.15. The number of nitrogens with zero attached hydrogens (tertiary/aromatic N) is 4. The van der Waals surface area contributed by atoms with E-state index in [9.17, 15) is 15.0 Å². The second-order valence-electron chi connectivity index (χ2n) is 4.80. The van der Waals surface area contributed by atoms with Crippen LogP contribution in [0.2, 0.25) is 0 Å². The van der Waals surface area contributed by atoms with Crippen molar-refractivity contribution in [3.05, 3.63) is 30.0 Å². The van der Waals surface area contributed by atoms with E-state index in [1.807, 2.05) is 0 Å². The first-order chi connectivity index (χ1) is 11.0. The first-order valence-electron chi connectivity index (χ1n) is 6.82. The van der Waals surface area contributed by atoms with Crippen LogP contribution in [0.1, 0.15) is 17.3 Å². The maximum absolute atomic E-state index is 12.1. The lowest BCUT2D eigenvalue weighted by molar-refractivity contribution is 0.0956. The molecular formula is C14H14N6O3. The Morgan fingerprint density at radius 3 is 2.65 bits per heavy atom. The molecule has 3 aromatic rings. The molecule has 0 spiro atoms. The summed E-state index contributed by atoms with van der Waals surface area (Å²) in [6, 6.07) is 3.98. The molecule has 5 N–H and O–H groups in total. The fourth-order valence-electron chi connectivity index (χ4n) is 2.15. The van der Waals surface area contributed by atoms with Crippen LogP contribution in [0.5, 0.6) is 11.5 Å². The number of phenolic OH excluding ortho intramolecular Hbond substituents is 2. The summed E-state index contributed by atoms with van der Waals surface area (Å²) in [4.78, 5) is 20.3. The summed E-state index contributed by atoms with van der Waals surface area (Å²) < 4.78 is 1.24. The average molecular weight is 314 g/mol. The number of amides is 1. The molecule has 3 rings (SSSR count). The number of nitrogens with two attached hydrogens (primary N) is 1. The van der Waals surface area contributed by atoms with Gasteiger partial charge in [0, 0.05) is 24.4 Å². The van der Waals surface area contributed by atoms with Crippen LogP contribution in [0.15, 0.2) is 24.4 Å². The Morgan fingerprint density at radius 1 is 1.30 bits per heavy atom. The molecule has 9 heteroatoms. The van der Waals surface area contributed by atoms with Gasteiger partial charge >= 0.3 is 0 Å². The molecule has 9 nitrogen and oxygen atoms in total. The molecule has 0 radical (unpaired) electrons. The zero-order valence-electron chi connectivity index (χ0n) is 12.2. The van der Waals surface area contributed by atoms with Gasteiger partial charge < -0.3 is 21.3 Å². The molecule has 2 heterocycles. The number of hydrogen-bond donors (Lipinski definition) is 4. The minimum absolute atomic E-state index is 0.0659. The molecule has 0 unspecified atom stereocenters. The third-order valence-electron chi connectivity index (χ3n) is 3.13. The summed E-state index contributed by atoms with van der Waals surface area (Å²) >= 11 is 0. The number of rotatable bonds is 3. The van der Waals surface area contributed by atoms with E-state index in [0.717, 1.165) is 0 Å². The number of carbonyl (C=O) groups excluding carboxylic acids is 1. The van der Waals surface area contributed by atoms with Crippen LogP contribution in [-0.2, 0) is 0 Å². The van der Waals surface area contributed by atoms with E-state index in [4.69, 9.17) is 5.73 Å². The normalized spacial score (nSPS) is 10.8. The third kappa shape index (κ3) is 2.59. The van der Waals surface area contributed by atoms with Crippen LogP contribution >= 0.6 is 0 Å². The number of carbonyl (C=O) groups is 1. The minimum atomic E-state index is -0.345. The molecule has 1 amide bonds. The van der Waals surface area contributed by atoms with E-state index in [2.05, 4.69) is 20.4 Å². The molecule has 118 valence electrons. The van der Waals surface area contributed by atoms with Gasteiger partial charge in [0.1, 0.15) is 17.1 Å². The SMILES string of the molecule is CCNC(=O)c1cnc(N)n2nc(-c3cc(O)cc(O)c3)nc12. The number of hydrogen-bond acceptors (Lipinski definition) is 7. The second kappa shape index (κ2) is 5.44. The highest BCUT2D eigenvalue weighted by Gasteiger charge is 2.18. The van der Waals surface area contributed by atoms with Crippen LogP contribution in [0.25, 0.3) is 17.0 Å². The maximum Gasteiger partial charge on any atom is 0.256 e. The molecule has 0 fully saturated rings. The number of benzene rings is 1. The van der Waals surface area contributed by atoms with Gasteiger partial charge in [-0.05, 0) is 19.1 Å². The standard InChI is InChI=1S/C14H14N6O3/c1-2-16-13(23)10-6-17-14(15)20-12(10)18-11(19-20)7-3-8(21)5-9(22)4-7/h3-6,21-22H,2H2,1H3,(H2,15,17)(H,16,23). The molecule has 23 heavy (non-hydrogen) atoms. The minimum Gasteiger partial charge on any atom is -0.508 e. The van der Waals surface area contributed by atoms with E-state index >= 15 is 0 Å². The summed E-state index contributed by atoms with van der Waals surface area (Å²) in [7, 11) is 0. The number of phenols is 2. The van der Waals surface area contributed by atoms with Crippen molar-refractivity contribution in [2.75, 3.05) is 12.3 Å². The number of anilines is 1.